The van der Waals surface area contributed by atoms with Crippen LogP contribution in [-0.4, -0.2) is 50.6 Å². The van der Waals surface area contributed by atoms with E-state index in [4.69, 9.17) is 14.2 Å². The van der Waals surface area contributed by atoms with Gasteiger partial charge in [-0.2, -0.15) is 0 Å². The molecule has 25 heavy (non-hydrogen) atoms. The van der Waals surface area contributed by atoms with Crippen LogP contribution in [0.2, 0.25) is 0 Å². The Hall–Kier alpha value is -1.72. The van der Waals surface area contributed by atoms with Gasteiger partial charge in [0.2, 0.25) is 0 Å². The number of hydrogen-bond acceptors (Lipinski definition) is 4. The van der Waals surface area contributed by atoms with Crippen LogP contribution in [0.5, 0.6) is 0 Å². The Morgan fingerprint density at radius 2 is 1.32 bits per heavy atom. The highest BCUT2D eigenvalue weighted by Crippen LogP contribution is 2.20. The van der Waals surface area contributed by atoms with Crippen molar-refractivity contribution in [1.29, 1.82) is 0 Å². The molecular weight excluding hydrogens is 314 g/mol. The van der Waals surface area contributed by atoms with E-state index in [1.165, 1.54) is 11.1 Å². The summed E-state index contributed by atoms with van der Waals surface area (Å²) in [5.74, 6) is 0. The third-order valence-electron chi connectivity index (χ3n) is 4.55. The minimum atomic E-state index is -0.430. The van der Waals surface area contributed by atoms with Crippen LogP contribution < -0.4 is 0 Å². The summed E-state index contributed by atoms with van der Waals surface area (Å²) in [7, 11) is 1.75. The molecule has 0 atom stereocenters. The minimum Gasteiger partial charge on any atom is -0.376 e. The Morgan fingerprint density at radius 3 is 1.76 bits per heavy atom. The molecule has 2 aromatic rings. The predicted octanol–water partition coefficient (Wildman–Crippen LogP) is 3.12. The molecule has 0 saturated carbocycles. The summed E-state index contributed by atoms with van der Waals surface area (Å²) in [5, 5.41) is 0. The lowest BCUT2D eigenvalue weighted by molar-refractivity contribution is -0.103. The van der Waals surface area contributed by atoms with Gasteiger partial charge >= 0.3 is 0 Å². The molecule has 0 radical (unpaired) electrons. The SMILES string of the molecule is COC1(CN(Cc2ccccc2)Cc2ccccc2)COCCOC1. The van der Waals surface area contributed by atoms with Crippen LogP contribution >= 0.6 is 0 Å². The molecule has 4 heteroatoms. The zero-order chi connectivity index (χ0) is 17.4. The zero-order valence-electron chi connectivity index (χ0n) is 14.9. The average molecular weight is 341 g/mol. The van der Waals surface area contributed by atoms with Crippen molar-refractivity contribution < 1.29 is 14.2 Å². The highest BCUT2D eigenvalue weighted by atomic mass is 16.6. The number of ether oxygens (including phenoxy) is 3. The van der Waals surface area contributed by atoms with Crippen molar-refractivity contribution in [3.63, 3.8) is 0 Å². The second-order valence-corrected chi connectivity index (χ2v) is 6.61. The minimum absolute atomic E-state index is 0.430. The van der Waals surface area contributed by atoms with Crippen LogP contribution in [0.4, 0.5) is 0 Å². The molecule has 1 heterocycles. The van der Waals surface area contributed by atoms with E-state index in [0.29, 0.717) is 26.4 Å². The third kappa shape index (κ3) is 5.38. The summed E-state index contributed by atoms with van der Waals surface area (Å²) >= 11 is 0. The maximum atomic E-state index is 5.87. The van der Waals surface area contributed by atoms with Crippen LogP contribution in [-0.2, 0) is 27.3 Å². The Morgan fingerprint density at radius 1 is 0.840 bits per heavy atom. The molecule has 4 nitrogen and oxygen atoms in total. The van der Waals surface area contributed by atoms with E-state index in [0.717, 1.165) is 19.6 Å². The smallest absolute Gasteiger partial charge is 0.127 e. The fraction of sp³-hybridized carbons (Fsp3) is 0.429. The molecule has 1 aliphatic heterocycles. The van der Waals surface area contributed by atoms with Gasteiger partial charge in [-0.1, -0.05) is 60.7 Å². The van der Waals surface area contributed by atoms with Crippen molar-refractivity contribution in [2.75, 3.05) is 40.1 Å². The Labute approximate surface area is 150 Å². The number of hydrogen-bond donors (Lipinski definition) is 0. The van der Waals surface area contributed by atoms with E-state index in [9.17, 15) is 0 Å². The summed E-state index contributed by atoms with van der Waals surface area (Å²) in [4.78, 5) is 2.41. The summed E-state index contributed by atoms with van der Waals surface area (Å²) in [6.07, 6.45) is 0. The molecule has 0 bridgehead atoms. The van der Waals surface area contributed by atoms with Crippen LogP contribution in [0.3, 0.4) is 0 Å². The van der Waals surface area contributed by atoms with Gasteiger partial charge in [-0.25, -0.2) is 0 Å². The van der Waals surface area contributed by atoms with Crippen molar-refractivity contribution in [3.05, 3.63) is 71.8 Å². The van der Waals surface area contributed by atoms with Gasteiger partial charge in [0, 0.05) is 26.7 Å². The molecule has 0 spiro atoms. The van der Waals surface area contributed by atoms with Crippen LogP contribution in [0, 0.1) is 0 Å². The van der Waals surface area contributed by atoms with Crippen LogP contribution in [0.1, 0.15) is 11.1 Å². The second-order valence-electron chi connectivity index (χ2n) is 6.61. The topological polar surface area (TPSA) is 30.9 Å². The predicted molar refractivity (Wildman–Crippen MR) is 98.4 cm³/mol. The molecule has 134 valence electrons. The summed E-state index contributed by atoms with van der Waals surface area (Å²) < 4.78 is 17.3. The first-order chi connectivity index (χ1) is 12.3. The normalized spacial score (nSPS) is 17.4. The number of benzene rings is 2. The van der Waals surface area contributed by atoms with E-state index in [-0.39, 0.29) is 0 Å². The van der Waals surface area contributed by atoms with E-state index >= 15 is 0 Å². The standard InChI is InChI=1S/C21H27NO3/c1-23-21(17-24-12-13-25-18-21)16-22(14-19-8-4-2-5-9-19)15-20-10-6-3-7-11-20/h2-11H,12-18H2,1H3. The molecule has 1 saturated heterocycles. The van der Waals surface area contributed by atoms with Crippen molar-refractivity contribution in [1.82, 2.24) is 4.90 Å². The average Bonchev–Trinajstić information content (AvgIpc) is 2.89. The van der Waals surface area contributed by atoms with Gasteiger partial charge in [0.25, 0.3) is 0 Å². The van der Waals surface area contributed by atoms with Crippen molar-refractivity contribution >= 4 is 0 Å². The number of rotatable bonds is 7. The highest BCUT2D eigenvalue weighted by molar-refractivity contribution is 5.17. The van der Waals surface area contributed by atoms with Gasteiger partial charge < -0.3 is 14.2 Å². The number of methoxy groups -OCH3 is 1. The van der Waals surface area contributed by atoms with Crippen LogP contribution in [0.25, 0.3) is 0 Å². The largest absolute Gasteiger partial charge is 0.376 e. The maximum Gasteiger partial charge on any atom is 0.127 e. The van der Waals surface area contributed by atoms with E-state index < -0.39 is 5.60 Å². The molecule has 0 N–H and O–H groups in total. The first kappa shape index (κ1) is 18.1. The van der Waals surface area contributed by atoms with Gasteiger partial charge in [0.1, 0.15) is 5.60 Å². The van der Waals surface area contributed by atoms with Crippen molar-refractivity contribution in [2.45, 2.75) is 18.7 Å². The van der Waals surface area contributed by atoms with E-state index in [1.54, 1.807) is 7.11 Å². The van der Waals surface area contributed by atoms with Gasteiger partial charge in [-0.15, -0.1) is 0 Å². The lowest BCUT2D eigenvalue weighted by Gasteiger charge is -2.36. The molecule has 3 rings (SSSR count). The van der Waals surface area contributed by atoms with Gasteiger partial charge in [0.05, 0.1) is 26.4 Å². The fourth-order valence-corrected chi connectivity index (χ4v) is 3.21. The molecule has 1 fully saturated rings. The van der Waals surface area contributed by atoms with Crippen LogP contribution in [0.15, 0.2) is 60.7 Å². The Kier molecular flexibility index (Phi) is 6.59. The lowest BCUT2D eigenvalue weighted by Crippen LogP contribution is -2.50. The Bertz CT molecular complexity index is 568. The van der Waals surface area contributed by atoms with Crippen molar-refractivity contribution in [2.24, 2.45) is 0 Å². The monoisotopic (exact) mass is 341 g/mol. The molecule has 2 aromatic carbocycles. The molecule has 0 aromatic heterocycles. The molecule has 0 aliphatic carbocycles. The maximum absolute atomic E-state index is 5.87. The summed E-state index contributed by atoms with van der Waals surface area (Å²) in [6.45, 7) is 4.85. The van der Waals surface area contributed by atoms with Crippen molar-refractivity contribution in [3.8, 4) is 0 Å². The second kappa shape index (κ2) is 9.11. The molecule has 0 amide bonds. The molecule has 1 aliphatic rings. The van der Waals surface area contributed by atoms with Gasteiger partial charge in [-0.3, -0.25) is 4.90 Å². The quantitative estimate of drug-likeness (QED) is 0.774. The Balaban J connectivity index is 1.76. The fourth-order valence-electron chi connectivity index (χ4n) is 3.21. The van der Waals surface area contributed by atoms with Gasteiger partial charge in [0.15, 0.2) is 0 Å². The number of nitrogens with zero attached hydrogens (tertiary/aromatic N) is 1. The zero-order valence-corrected chi connectivity index (χ0v) is 14.9. The first-order valence-corrected chi connectivity index (χ1v) is 8.80. The van der Waals surface area contributed by atoms with Gasteiger partial charge in [-0.05, 0) is 11.1 Å². The van der Waals surface area contributed by atoms with E-state index in [2.05, 4.69) is 65.6 Å². The van der Waals surface area contributed by atoms with E-state index in [1.807, 2.05) is 0 Å². The first-order valence-electron chi connectivity index (χ1n) is 8.80. The molecular formula is C21H27NO3. The molecule has 0 unspecified atom stereocenters. The summed E-state index contributed by atoms with van der Waals surface area (Å²) in [6, 6.07) is 21.1. The third-order valence-corrected chi connectivity index (χ3v) is 4.55. The highest BCUT2D eigenvalue weighted by Gasteiger charge is 2.34. The summed E-state index contributed by atoms with van der Waals surface area (Å²) in [5.41, 5.74) is 2.15. The lowest BCUT2D eigenvalue weighted by atomic mass is 10.0.